The average molecular weight is 369 g/mol. The van der Waals surface area contributed by atoms with Crippen LogP contribution in [-0.2, 0) is 6.54 Å². The largest absolute Gasteiger partial charge is 0.306 e. The van der Waals surface area contributed by atoms with Crippen LogP contribution < -0.4 is 5.32 Å². The van der Waals surface area contributed by atoms with Gasteiger partial charge in [-0.15, -0.1) is 0 Å². The zero-order chi connectivity index (χ0) is 13.7. The van der Waals surface area contributed by atoms with Gasteiger partial charge in [0.2, 0.25) is 0 Å². The molecule has 0 aliphatic carbocycles. The summed E-state index contributed by atoms with van der Waals surface area (Å²) in [7, 11) is 0. The van der Waals surface area contributed by atoms with Crippen LogP contribution in [0.25, 0.3) is 0 Å². The van der Waals surface area contributed by atoms with Gasteiger partial charge in [0.05, 0.1) is 12.2 Å². The molecule has 2 rings (SSSR count). The summed E-state index contributed by atoms with van der Waals surface area (Å²) in [6.45, 7) is 6.22. The number of rotatable bonds is 6. The second kappa shape index (κ2) is 7.05. The van der Waals surface area contributed by atoms with Crippen molar-refractivity contribution >= 4 is 22.6 Å². The summed E-state index contributed by atoms with van der Waals surface area (Å²) in [5.74, 6) is 0. The molecular formula is C15H20IN3. The van der Waals surface area contributed by atoms with Crippen LogP contribution in [0.4, 0.5) is 0 Å². The number of aryl methyl sites for hydroxylation is 1. The predicted octanol–water partition coefficient (Wildman–Crippen LogP) is 3.60. The first kappa shape index (κ1) is 14.5. The first-order valence-corrected chi connectivity index (χ1v) is 7.83. The van der Waals surface area contributed by atoms with Gasteiger partial charge in [-0.05, 0) is 53.3 Å². The van der Waals surface area contributed by atoms with Gasteiger partial charge in [0.25, 0.3) is 0 Å². The zero-order valence-corrected chi connectivity index (χ0v) is 13.6. The SMILES string of the molecule is CCCn1cc(C(NCC)c2cccc(I)c2)cn1. The van der Waals surface area contributed by atoms with Crippen LogP contribution in [0, 0.1) is 3.57 Å². The van der Waals surface area contributed by atoms with Crippen LogP contribution in [0.1, 0.15) is 37.4 Å². The van der Waals surface area contributed by atoms with E-state index in [4.69, 9.17) is 0 Å². The number of halogens is 1. The number of nitrogens with one attached hydrogen (secondary N) is 1. The molecule has 0 bridgehead atoms. The lowest BCUT2D eigenvalue weighted by Crippen LogP contribution is -2.21. The first-order valence-electron chi connectivity index (χ1n) is 6.75. The summed E-state index contributed by atoms with van der Waals surface area (Å²) in [4.78, 5) is 0. The topological polar surface area (TPSA) is 29.9 Å². The Labute approximate surface area is 128 Å². The van der Waals surface area contributed by atoms with E-state index in [1.807, 2.05) is 10.9 Å². The summed E-state index contributed by atoms with van der Waals surface area (Å²) in [6, 6.07) is 8.86. The van der Waals surface area contributed by atoms with E-state index in [-0.39, 0.29) is 6.04 Å². The second-order valence-corrected chi connectivity index (χ2v) is 5.83. The van der Waals surface area contributed by atoms with Crippen LogP contribution in [-0.4, -0.2) is 16.3 Å². The van der Waals surface area contributed by atoms with Crippen LogP contribution >= 0.6 is 22.6 Å². The Morgan fingerprint density at radius 1 is 1.32 bits per heavy atom. The number of aromatic nitrogens is 2. The quantitative estimate of drug-likeness (QED) is 0.789. The Kier molecular flexibility index (Phi) is 5.39. The van der Waals surface area contributed by atoms with Crippen LogP contribution in [0.5, 0.6) is 0 Å². The molecular weight excluding hydrogens is 349 g/mol. The molecule has 0 saturated carbocycles. The molecule has 1 aromatic heterocycles. The maximum Gasteiger partial charge on any atom is 0.0608 e. The lowest BCUT2D eigenvalue weighted by Gasteiger charge is -2.17. The van der Waals surface area contributed by atoms with Crippen molar-refractivity contribution in [1.29, 1.82) is 0 Å². The molecule has 0 aliphatic heterocycles. The zero-order valence-electron chi connectivity index (χ0n) is 11.4. The Hall–Kier alpha value is -0.880. The van der Waals surface area contributed by atoms with Gasteiger partial charge in [-0.25, -0.2) is 0 Å². The summed E-state index contributed by atoms with van der Waals surface area (Å²) in [5.41, 5.74) is 2.53. The van der Waals surface area contributed by atoms with E-state index < -0.39 is 0 Å². The third kappa shape index (κ3) is 3.79. The molecule has 0 aliphatic rings. The van der Waals surface area contributed by atoms with Gasteiger partial charge in [-0.1, -0.05) is 26.0 Å². The highest BCUT2D eigenvalue weighted by Crippen LogP contribution is 2.23. The van der Waals surface area contributed by atoms with E-state index in [9.17, 15) is 0 Å². The van der Waals surface area contributed by atoms with E-state index in [2.05, 4.69) is 77.3 Å². The standard InChI is InChI=1S/C15H20IN3/c1-3-8-19-11-13(10-18-19)15(17-4-2)12-6-5-7-14(16)9-12/h5-7,9-11,15,17H,3-4,8H2,1-2H3. The molecule has 102 valence electrons. The smallest absolute Gasteiger partial charge is 0.0608 e. The number of hydrogen-bond acceptors (Lipinski definition) is 2. The van der Waals surface area contributed by atoms with Crippen molar-refractivity contribution < 1.29 is 0 Å². The molecule has 1 unspecified atom stereocenters. The van der Waals surface area contributed by atoms with Crippen LogP contribution in [0.15, 0.2) is 36.7 Å². The first-order chi connectivity index (χ1) is 9.24. The normalized spacial score (nSPS) is 12.6. The average Bonchev–Trinajstić information content (AvgIpc) is 2.85. The predicted molar refractivity (Wildman–Crippen MR) is 87.2 cm³/mol. The van der Waals surface area contributed by atoms with Crippen molar-refractivity contribution in [3.8, 4) is 0 Å². The molecule has 4 heteroatoms. The molecule has 0 saturated heterocycles. The summed E-state index contributed by atoms with van der Waals surface area (Å²) < 4.78 is 3.28. The highest BCUT2D eigenvalue weighted by atomic mass is 127. The fourth-order valence-corrected chi connectivity index (χ4v) is 2.77. The fraction of sp³-hybridized carbons (Fsp3) is 0.400. The molecule has 0 radical (unpaired) electrons. The Morgan fingerprint density at radius 3 is 2.84 bits per heavy atom. The van der Waals surface area contributed by atoms with Gasteiger partial charge in [-0.3, -0.25) is 4.68 Å². The maximum atomic E-state index is 4.43. The lowest BCUT2D eigenvalue weighted by atomic mass is 10.0. The van der Waals surface area contributed by atoms with Crippen molar-refractivity contribution in [3.05, 3.63) is 51.4 Å². The summed E-state index contributed by atoms with van der Waals surface area (Å²) in [5, 5.41) is 7.97. The van der Waals surface area contributed by atoms with Gasteiger partial charge < -0.3 is 5.32 Å². The Morgan fingerprint density at radius 2 is 2.16 bits per heavy atom. The van der Waals surface area contributed by atoms with Gasteiger partial charge in [0.15, 0.2) is 0 Å². The number of benzene rings is 1. The summed E-state index contributed by atoms with van der Waals surface area (Å²) in [6.07, 6.45) is 5.23. The molecule has 1 heterocycles. The second-order valence-electron chi connectivity index (χ2n) is 4.58. The Balaban J connectivity index is 2.28. The van der Waals surface area contributed by atoms with E-state index in [1.54, 1.807) is 0 Å². The molecule has 19 heavy (non-hydrogen) atoms. The highest BCUT2D eigenvalue weighted by Gasteiger charge is 2.15. The highest BCUT2D eigenvalue weighted by molar-refractivity contribution is 14.1. The lowest BCUT2D eigenvalue weighted by molar-refractivity contribution is 0.597. The molecule has 0 fully saturated rings. The number of nitrogens with zero attached hydrogens (tertiary/aromatic N) is 2. The van der Waals surface area contributed by atoms with E-state index in [0.717, 1.165) is 19.5 Å². The van der Waals surface area contributed by atoms with Gasteiger partial charge in [0, 0.05) is 21.9 Å². The molecule has 3 nitrogen and oxygen atoms in total. The minimum atomic E-state index is 0.227. The van der Waals surface area contributed by atoms with Gasteiger partial charge in [0.1, 0.15) is 0 Å². The molecule has 0 amide bonds. The van der Waals surface area contributed by atoms with E-state index in [1.165, 1.54) is 14.7 Å². The monoisotopic (exact) mass is 369 g/mol. The van der Waals surface area contributed by atoms with Gasteiger partial charge in [-0.2, -0.15) is 5.10 Å². The Bertz CT molecular complexity index is 522. The van der Waals surface area contributed by atoms with Crippen molar-refractivity contribution in [1.82, 2.24) is 15.1 Å². The van der Waals surface area contributed by atoms with Gasteiger partial charge >= 0.3 is 0 Å². The summed E-state index contributed by atoms with van der Waals surface area (Å²) >= 11 is 2.36. The van der Waals surface area contributed by atoms with Crippen molar-refractivity contribution in [2.24, 2.45) is 0 Å². The molecule has 2 aromatic rings. The van der Waals surface area contributed by atoms with Crippen molar-refractivity contribution in [2.45, 2.75) is 32.9 Å². The van der Waals surface area contributed by atoms with Crippen molar-refractivity contribution in [3.63, 3.8) is 0 Å². The molecule has 1 atom stereocenters. The van der Waals surface area contributed by atoms with Crippen molar-refractivity contribution in [2.75, 3.05) is 6.54 Å². The minimum Gasteiger partial charge on any atom is -0.306 e. The van der Waals surface area contributed by atoms with E-state index in [0.29, 0.717) is 0 Å². The molecule has 0 spiro atoms. The molecule has 1 aromatic carbocycles. The number of hydrogen-bond donors (Lipinski definition) is 1. The van der Waals surface area contributed by atoms with Crippen LogP contribution in [0.3, 0.4) is 0 Å². The fourth-order valence-electron chi connectivity index (χ4n) is 2.20. The minimum absolute atomic E-state index is 0.227. The third-order valence-corrected chi connectivity index (χ3v) is 3.70. The third-order valence-electron chi connectivity index (χ3n) is 3.03. The molecule has 1 N–H and O–H groups in total. The van der Waals surface area contributed by atoms with E-state index >= 15 is 0 Å². The van der Waals surface area contributed by atoms with Crippen LogP contribution in [0.2, 0.25) is 0 Å². The maximum absolute atomic E-state index is 4.43.